The smallest absolute Gasteiger partial charge is 0.401 e. The molecule has 0 radical (unpaired) electrons. The minimum absolute atomic E-state index is 0.0225. The number of ether oxygens (including phenoxy) is 1. The first kappa shape index (κ1) is 27.3. The zero-order valence-electron chi connectivity index (χ0n) is 19.1. The maximum Gasteiger partial charge on any atom is 0.401 e. The molecule has 1 fully saturated rings. The number of rotatable bonds is 13. The van der Waals surface area contributed by atoms with Crippen LogP contribution >= 0.6 is 0 Å². The molecule has 1 heterocycles. The van der Waals surface area contributed by atoms with Crippen LogP contribution in [0.3, 0.4) is 0 Å². The van der Waals surface area contributed by atoms with Crippen molar-refractivity contribution in [3.63, 3.8) is 0 Å². The van der Waals surface area contributed by atoms with Crippen LogP contribution in [-0.2, 0) is 37.9 Å². The Morgan fingerprint density at radius 1 is 1.00 bits per heavy atom. The van der Waals surface area contributed by atoms with E-state index in [0.29, 0.717) is 19.5 Å². The molecular weight excluding hydrogens is 428 g/mol. The van der Waals surface area contributed by atoms with E-state index in [2.05, 4.69) is 13.7 Å². The molecule has 0 aromatic rings. The van der Waals surface area contributed by atoms with E-state index in [9.17, 15) is 22.8 Å². The molecule has 0 aliphatic carbocycles. The van der Waals surface area contributed by atoms with Crippen molar-refractivity contribution in [2.75, 3.05) is 19.7 Å². The van der Waals surface area contributed by atoms with Crippen LogP contribution in [0.15, 0.2) is 0 Å². The number of esters is 1. The highest BCUT2D eigenvalue weighted by atomic mass is 32.3. The predicted octanol–water partition coefficient (Wildman–Crippen LogP) is 1.54. The summed E-state index contributed by atoms with van der Waals surface area (Å²) in [7, 11) is -4.53. The van der Waals surface area contributed by atoms with Gasteiger partial charge in [0.1, 0.15) is 6.04 Å². The van der Waals surface area contributed by atoms with Crippen LogP contribution in [0, 0.1) is 5.92 Å². The zero-order chi connectivity index (χ0) is 23.6. The van der Waals surface area contributed by atoms with Gasteiger partial charge in [0.25, 0.3) is 5.91 Å². The largest absolute Gasteiger partial charge is 0.464 e. The van der Waals surface area contributed by atoms with Crippen LogP contribution in [0.4, 0.5) is 0 Å². The maximum atomic E-state index is 13.2. The lowest BCUT2D eigenvalue weighted by Gasteiger charge is -2.29. The molecule has 3 atom stereocenters. The van der Waals surface area contributed by atoms with Crippen LogP contribution in [0.2, 0.25) is 0 Å². The monoisotopic (exact) mass is 464 g/mol. The van der Waals surface area contributed by atoms with Crippen molar-refractivity contribution in [1.82, 2.24) is 10.2 Å². The molecule has 180 valence electrons. The highest BCUT2D eigenvalue weighted by Gasteiger charge is 2.50. The number of carbonyl (C=O) groups is 3. The van der Waals surface area contributed by atoms with Crippen LogP contribution in [0.25, 0.3) is 0 Å². The molecule has 1 saturated heterocycles. The van der Waals surface area contributed by atoms with Crippen molar-refractivity contribution in [1.29, 1.82) is 0 Å². The third-order valence-corrected chi connectivity index (χ3v) is 5.58. The van der Waals surface area contributed by atoms with E-state index in [1.807, 2.05) is 27.7 Å². The highest BCUT2D eigenvalue weighted by molar-refractivity contribution is 7.82. The number of nitrogens with zero attached hydrogens (tertiary/aromatic N) is 1. The average Bonchev–Trinajstić information content (AvgIpc) is 3.03. The molecule has 0 aromatic carbocycles. The van der Waals surface area contributed by atoms with E-state index in [4.69, 9.17) is 4.74 Å². The van der Waals surface area contributed by atoms with Gasteiger partial charge >= 0.3 is 16.4 Å². The normalized spacial score (nSPS) is 21.0. The Morgan fingerprint density at radius 2 is 1.55 bits per heavy atom. The van der Waals surface area contributed by atoms with E-state index in [1.54, 1.807) is 4.90 Å². The SMILES string of the molecule is CCCCN(CCCC)C(=O)[C@H](CC(C)C)NC(=O)[C@H]1OS(=O)(=O)O[C@@H]1C(=O)OCC. The van der Waals surface area contributed by atoms with Gasteiger partial charge in [-0.15, -0.1) is 0 Å². The van der Waals surface area contributed by atoms with E-state index < -0.39 is 40.5 Å². The first-order chi connectivity index (χ1) is 14.6. The zero-order valence-corrected chi connectivity index (χ0v) is 19.9. The summed E-state index contributed by atoms with van der Waals surface area (Å²) >= 11 is 0. The number of carbonyl (C=O) groups excluding carboxylic acids is 3. The Hall–Kier alpha value is -1.72. The molecule has 1 N–H and O–H groups in total. The van der Waals surface area contributed by atoms with E-state index in [1.165, 1.54) is 6.92 Å². The minimum Gasteiger partial charge on any atom is -0.464 e. The molecule has 11 heteroatoms. The molecule has 0 bridgehead atoms. The van der Waals surface area contributed by atoms with Crippen molar-refractivity contribution < 1.29 is 35.9 Å². The van der Waals surface area contributed by atoms with Gasteiger partial charge in [0.05, 0.1) is 6.61 Å². The maximum absolute atomic E-state index is 13.2. The lowest BCUT2D eigenvalue weighted by Crippen LogP contribution is -2.54. The topological polar surface area (TPSA) is 128 Å². The molecule has 10 nitrogen and oxygen atoms in total. The number of nitrogens with one attached hydrogen (secondary N) is 1. The summed E-state index contributed by atoms with van der Waals surface area (Å²) < 4.78 is 37.5. The molecule has 0 unspecified atom stereocenters. The Morgan fingerprint density at radius 3 is 2.03 bits per heavy atom. The summed E-state index contributed by atoms with van der Waals surface area (Å²) in [5.74, 6) is -2.09. The average molecular weight is 465 g/mol. The van der Waals surface area contributed by atoms with Gasteiger partial charge < -0.3 is 15.0 Å². The van der Waals surface area contributed by atoms with Gasteiger partial charge in [-0.3, -0.25) is 9.59 Å². The third-order valence-electron chi connectivity index (χ3n) is 4.69. The number of unbranched alkanes of at least 4 members (excludes halogenated alkanes) is 2. The number of hydrogen-bond donors (Lipinski definition) is 1. The molecule has 1 rings (SSSR count). The fraction of sp³-hybridized carbons (Fsp3) is 0.850. The van der Waals surface area contributed by atoms with E-state index >= 15 is 0 Å². The van der Waals surface area contributed by atoms with Crippen LogP contribution < -0.4 is 5.32 Å². The lowest BCUT2D eigenvalue weighted by atomic mass is 10.0. The van der Waals surface area contributed by atoms with Gasteiger partial charge in [-0.2, -0.15) is 8.42 Å². The second kappa shape index (κ2) is 13.0. The Kier molecular flexibility index (Phi) is 11.4. The number of amides is 2. The van der Waals surface area contributed by atoms with Gasteiger partial charge in [0.15, 0.2) is 6.10 Å². The first-order valence-corrected chi connectivity index (χ1v) is 12.3. The summed E-state index contributed by atoms with van der Waals surface area (Å²) in [6.45, 7) is 10.5. The predicted molar refractivity (Wildman–Crippen MR) is 113 cm³/mol. The van der Waals surface area contributed by atoms with E-state index in [0.717, 1.165) is 25.7 Å². The molecule has 2 amide bonds. The molecule has 0 saturated carbocycles. The lowest BCUT2D eigenvalue weighted by molar-refractivity contribution is -0.155. The summed E-state index contributed by atoms with van der Waals surface area (Å²) in [4.78, 5) is 39.8. The molecule has 0 aromatic heterocycles. The molecule has 1 aliphatic heterocycles. The summed E-state index contributed by atoms with van der Waals surface area (Å²) in [5.41, 5.74) is 0. The fourth-order valence-electron chi connectivity index (χ4n) is 3.14. The standard InChI is InChI=1S/C20H36N2O8S/c1-6-9-11-22(12-10-7-2)19(24)15(13-14(4)5)21-18(23)16-17(20(25)28-8-3)30-31(26,27)29-16/h14-17H,6-13H2,1-5H3,(H,21,23)/t15-,16-,17-/m0/s1. The Balaban J connectivity index is 3.03. The van der Waals surface area contributed by atoms with Gasteiger partial charge in [-0.05, 0) is 32.1 Å². The first-order valence-electron chi connectivity index (χ1n) is 10.9. The molecular formula is C20H36N2O8S. The highest BCUT2D eigenvalue weighted by Crippen LogP contribution is 2.23. The van der Waals surface area contributed by atoms with E-state index in [-0.39, 0.29) is 18.4 Å². The summed E-state index contributed by atoms with van der Waals surface area (Å²) in [6.07, 6.45) is 0.347. The Bertz CT molecular complexity index is 702. The van der Waals surface area contributed by atoms with Crippen LogP contribution in [0.1, 0.15) is 66.7 Å². The minimum atomic E-state index is -4.53. The quantitative estimate of drug-likeness (QED) is 0.407. The second-order valence-electron chi connectivity index (χ2n) is 7.92. The molecule has 1 aliphatic rings. The van der Waals surface area contributed by atoms with Crippen molar-refractivity contribution in [2.24, 2.45) is 5.92 Å². The van der Waals surface area contributed by atoms with Crippen molar-refractivity contribution in [2.45, 2.75) is 85.0 Å². The molecule has 0 spiro atoms. The second-order valence-corrected chi connectivity index (χ2v) is 9.12. The number of hydrogen-bond acceptors (Lipinski definition) is 8. The van der Waals surface area contributed by atoms with Crippen molar-refractivity contribution >= 4 is 28.2 Å². The van der Waals surface area contributed by atoms with Gasteiger partial charge in [0, 0.05) is 13.1 Å². The summed E-state index contributed by atoms with van der Waals surface area (Å²) in [5, 5.41) is 2.58. The summed E-state index contributed by atoms with van der Waals surface area (Å²) in [6, 6.07) is -0.879. The Labute approximate surface area is 185 Å². The van der Waals surface area contributed by atoms with Crippen molar-refractivity contribution in [3.05, 3.63) is 0 Å². The van der Waals surface area contributed by atoms with Gasteiger partial charge in [-0.25, -0.2) is 13.2 Å². The van der Waals surface area contributed by atoms with Crippen LogP contribution in [-0.4, -0.2) is 69.0 Å². The van der Waals surface area contributed by atoms with Crippen LogP contribution in [0.5, 0.6) is 0 Å². The fourth-order valence-corrected chi connectivity index (χ4v) is 4.06. The molecule has 31 heavy (non-hydrogen) atoms. The van der Waals surface area contributed by atoms with Crippen molar-refractivity contribution in [3.8, 4) is 0 Å². The van der Waals surface area contributed by atoms with Gasteiger partial charge in [-0.1, -0.05) is 40.5 Å². The third kappa shape index (κ3) is 8.74. The van der Waals surface area contributed by atoms with Gasteiger partial charge in [0.2, 0.25) is 12.0 Å².